The first-order valence-electron chi connectivity index (χ1n) is 13.3. The molecule has 1 aliphatic heterocycles. The Balaban J connectivity index is 1.58. The number of halogens is 3. The summed E-state index contributed by atoms with van der Waals surface area (Å²) in [5.41, 5.74) is 2.53. The summed E-state index contributed by atoms with van der Waals surface area (Å²) in [6.07, 6.45) is 1.72. The predicted octanol–water partition coefficient (Wildman–Crippen LogP) is 6.77. The summed E-state index contributed by atoms with van der Waals surface area (Å²) < 4.78 is 14.4. The lowest BCUT2D eigenvalue weighted by molar-refractivity contribution is -0.385. The van der Waals surface area contributed by atoms with Gasteiger partial charge in [-0.05, 0) is 99.7 Å². The van der Waals surface area contributed by atoms with Crippen LogP contribution in [0.5, 0.6) is 5.75 Å². The Morgan fingerprint density at radius 1 is 1.14 bits per heavy atom. The van der Waals surface area contributed by atoms with Crippen molar-refractivity contribution in [2.45, 2.75) is 33.4 Å². The van der Waals surface area contributed by atoms with Crippen molar-refractivity contribution in [1.82, 2.24) is 4.57 Å². The maximum Gasteiger partial charge on any atom is 0.338 e. The van der Waals surface area contributed by atoms with Crippen LogP contribution in [0.15, 0.2) is 84.6 Å². The molecule has 2 heterocycles. The predicted molar refractivity (Wildman–Crippen MR) is 176 cm³/mol. The monoisotopic (exact) mass is 759 g/mol. The summed E-state index contributed by atoms with van der Waals surface area (Å²) in [6, 6.07) is 14.7. The number of esters is 1. The van der Waals surface area contributed by atoms with E-state index >= 15 is 0 Å². The number of nitro benzene ring substituents is 1. The number of carbonyl (C=O) groups excluding carboxylic acids is 1. The van der Waals surface area contributed by atoms with Crippen LogP contribution in [0.1, 0.15) is 42.1 Å². The normalized spacial score (nSPS) is 14.7. The van der Waals surface area contributed by atoms with Crippen molar-refractivity contribution < 1.29 is 19.2 Å². The van der Waals surface area contributed by atoms with Crippen molar-refractivity contribution in [2.75, 3.05) is 6.61 Å². The third-order valence-corrected chi connectivity index (χ3v) is 9.29. The van der Waals surface area contributed by atoms with Crippen LogP contribution >= 0.6 is 54.8 Å². The van der Waals surface area contributed by atoms with Gasteiger partial charge in [-0.25, -0.2) is 9.79 Å². The minimum Gasteiger partial charge on any atom is -0.487 e. The Morgan fingerprint density at radius 3 is 2.45 bits per heavy atom. The highest BCUT2D eigenvalue weighted by Gasteiger charge is 2.34. The van der Waals surface area contributed by atoms with E-state index in [9.17, 15) is 19.7 Å². The lowest BCUT2D eigenvalue weighted by atomic mass is 9.94. The van der Waals surface area contributed by atoms with E-state index < -0.39 is 22.5 Å². The zero-order valence-corrected chi connectivity index (χ0v) is 28.3. The zero-order chi connectivity index (χ0) is 31.7. The summed E-state index contributed by atoms with van der Waals surface area (Å²) in [5.74, 6) is -0.0486. The second-order valence-corrected chi connectivity index (χ2v) is 13.0. The number of carbonyl (C=O) groups is 1. The summed E-state index contributed by atoms with van der Waals surface area (Å²) in [4.78, 5) is 43.3. The molecule has 0 N–H and O–H groups in total. The first-order chi connectivity index (χ1) is 21.0. The van der Waals surface area contributed by atoms with Gasteiger partial charge >= 0.3 is 5.97 Å². The highest BCUT2D eigenvalue weighted by molar-refractivity contribution is 9.11. The quantitative estimate of drug-likeness (QED) is 0.111. The molecule has 0 unspecified atom stereocenters. The fraction of sp³-hybridized carbons (Fsp3) is 0.194. The topological polar surface area (TPSA) is 113 Å². The smallest absolute Gasteiger partial charge is 0.338 e. The highest BCUT2D eigenvalue weighted by Crippen LogP contribution is 2.36. The first-order valence-corrected chi connectivity index (χ1v) is 16.1. The fourth-order valence-corrected chi connectivity index (χ4v) is 7.41. The molecule has 0 bridgehead atoms. The SMILES string of the molecule is CCOC(=O)C1=C(C)N=c2s/c(=C/c3cc(Br)c(OCc4ccc(Cl)cc4)c(Br)c3)c(=O)n2[C@@H]1c1ccc(C)c([N+](=O)[O-])c1. The van der Waals surface area contributed by atoms with Crippen LogP contribution < -0.4 is 19.6 Å². The van der Waals surface area contributed by atoms with Gasteiger partial charge in [-0.3, -0.25) is 19.5 Å². The molecule has 226 valence electrons. The standard InChI is InChI=1S/C31H24Br2ClN3O6S/c1-4-42-30(39)26-17(3)35-31-36(27(26)20-8-5-16(2)24(14-20)37(40)41)29(38)25(44-31)13-19-11-22(32)28(23(33)12-19)43-15-18-6-9-21(34)10-7-18/h5-14,27H,4,15H2,1-3H3/b25-13+/t27-/m1/s1. The molecular formula is C31H24Br2ClN3O6S. The number of hydrogen-bond acceptors (Lipinski definition) is 8. The van der Waals surface area contributed by atoms with Crippen molar-refractivity contribution >= 4 is 72.5 Å². The van der Waals surface area contributed by atoms with E-state index in [4.69, 9.17) is 21.1 Å². The molecule has 0 saturated carbocycles. The Hall–Kier alpha value is -3.58. The molecular weight excluding hydrogens is 738 g/mol. The number of nitro groups is 1. The maximum absolute atomic E-state index is 14.0. The van der Waals surface area contributed by atoms with Gasteiger partial charge in [-0.15, -0.1) is 0 Å². The molecule has 1 atom stereocenters. The van der Waals surface area contributed by atoms with E-state index in [2.05, 4.69) is 36.9 Å². The molecule has 0 amide bonds. The van der Waals surface area contributed by atoms with E-state index in [1.54, 1.807) is 51.1 Å². The number of aryl methyl sites for hydroxylation is 1. The number of nitrogens with zero attached hydrogens (tertiary/aromatic N) is 3. The lowest BCUT2D eigenvalue weighted by Gasteiger charge is -2.24. The van der Waals surface area contributed by atoms with Gasteiger partial charge < -0.3 is 9.47 Å². The summed E-state index contributed by atoms with van der Waals surface area (Å²) >= 11 is 14.3. The molecule has 0 saturated heterocycles. The van der Waals surface area contributed by atoms with Gasteiger partial charge in [-0.2, -0.15) is 0 Å². The first kappa shape index (κ1) is 31.8. The second kappa shape index (κ2) is 13.2. The number of thiazole rings is 1. The molecule has 1 aliphatic rings. The van der Waals surface area contributed by atoms with Crippen LogP contribution in [0.3, 0.4) is 0 Å². The Morgan fingerprint density at radius 2 is 1.82 bits per heavy atom. The van der Waals surface area contributed by atoms with Gasteiger partial charge in [0.2, 0.25) is 0 Å². The molecule has 9 nitrogen and oxygen atoms in total. The van der Waals surface area contributed by atoms with Crippen LogP contribution in [-0.4, -0.2) is 22.1 Å². The third kappa shape index (κ3) is 6.44. The summed E-state index contributed by atoms with van der Waals surface area (Å²) in [7, 11) is 0. The minimum atomic E-state index is -0.964. The molecule has 0 fully saturated rings. The van der Waals surface area contributed by atoms with E-state index in [1.165, 1.54) is 10.6 Å². The summed E-state index contributed by atoms with van der Waals surface area (Å²) in [6.45, 7) is 5.41. The average molecular weight is 762 g/mol. The lowest BCUT2D eigenvalue weighted by Crippen LogP contribution is -2.40. The van der Waals surface area contributed by atoms with Gasteiger partial charge in [0.1, 0.15) is 12.4 Å². The molecule has 0 aliphatic carbocycles. The van der Waals surface area contributed by atoms with Gasteiger partial charge in [-0.1, -0.05) is 47.2 Å². The van der Waals surface area contributed by atoms with Crippen LogP contribution in [-0.2, 0) is 16.1 Å². The number of rotatable bonds is 8. The molecule has 4 aromatic rings. The number of allylic oxidation sites excluding steroid dienone is 1. The number of hydrogen-bond donors (Lipinski definition) is 0. The Kier molecular flexibility index (Phi) is 9.54. The van der Waals surface area contributed by atoms with E-state index in [-0.39, 0.29) is 17.9 Å². The number of aromatic nitrogens is 1. The molecule has 44 heavy (non-hydrogen) atoms. The fourth-order valence-electron chi connectivity index (χ4n) is 4.79. The Bertz CT molecular complexity index is 2000. The van der Waals surface area contributed by atoms with Crippen LogP contribution in [0.4, 0.5) is 5.69 Å². The maximum atomic E-state index is 14.0. The van der Waals surface area contributed by atoms with Crippen molar-refractivity contribution in [2.24, 2.45) is 4.99 Å². The van der Waals surface area contributed by atoms with Crippen LogP contribution in [0.2, 0.25) is 5.02 Å². The van der Waals surface area contributed by atoms with Crippen molar-refractivity contribution in [3.8, 4) is 5.75 Å². The van der Waals surface area contributed by atoms with E-state index in [0.717, 1.165) is 16.9 Å². The van der Waals surface area contributed by atoms with Gasteiger partial charge in [0.25, 0.3) is 11.2 Å². The number of benzene rings is 3. The van der Waals surface area contributed by atoms with Crippen molar-refractivity contribution in [3.05, 3.63) is 132 Å². The van der Waals surface area contributed by atoms with Crippen LogP contribution in [0.25, 0.3) is 6.08 Å². The highest BCUT2D eigenvalue weighted by atomic mass is 79.9. The Labute approximate surface area is 277 Å². The molecule has 0 radical (unpaired) electrons. The number of fused-ring (bicyclic) bond motifs is 1. The van der Waals surface area contributed by atoms with Gasteiger partial charge in [0.15, 0.2) is 4.80 Å². The average Bonchev–Trinajstić information content (AvgIpc) is 3.26. The van der Waals surface area contributed by atoms with Crippen molar-refractivity contribution in [1.29, 1.82) is 0 Å². The van der Waals surface area contributed by atoms with Crippen LogP contribution in [0, 0.1) is 17.0 Å². The van der Waals surface area contributed by atoms with E-state index in [0.29, 0.717) is 58.0 Å². The summed E-state index contributed by atoms with van der Waals surface area (Å²) in [5, 5.41) is 12.4. The third-order valence-electron chi connectivity index (χ3n) is 6.88. The second-order valence-electron chi connectivity index (χ2n) is 9.83. The molecule has 5 rings (SSSR count). The molecule has 1 aromatic heterocycles. The number of ether oxygens (including phenoxy) is 2. The molecule has 0 spiro atoms. The van der Waals surface area contributed by atoms with Crippen molar-refractivity contribution in [3.63, 3.8) is 0 Å². The van der Waals surface area contributed by atoms with Gasteiger partial charge in [0.05, 0.1) is 42.3 Å². The van der Waals surface area contributed by atoms with Gasteiger partial charge in [0, 0.05) is 16.7 Å². The molecule has 3 aromatic carbocycles. The minimum absolute atomic E-state index is 0.115. The van der Waals surface area contributed by atoms with E-state index in [1.807, 2.05) is 24.3 Å². The molecule has 13 heteroatoms. The zero-order valence-electron chi connectivity index (χ0n) is 23.6. The largest absolute Gasteiger partial charge is 0.487 e.